The number of anilines is 1. The molecule has 11 heteroatoms. The van der Waals surface area contributed by atoms with Gasteiger partial charge in [0.25, 0.3) is 5.91 Å². The van der Waals surface area contributed by atoms with Crippen LogP contribution in [0.4, 0.5) is 14.5 Å². The smallest absolute Gasteiger partial charge is 0.259 e. The molecule has 0 radical (unpaired) electrons. The Hall–Kier alpha value is -3.44. The predicted octanol–water partition coefficient (Wildman–Crippen LogP) is 6.05. The molecule has 1 amide bonds. The van der Waals surface area contributed by atoms with Gasteiger partial charge in [0.2, 0.25) is 0 Å². The summed E-state index contributed by atoms with van der Waals surface area (Å²) >= 11 is 0. The molecule has 2 N–H and O–H groups in total. The van der Waals surface area contributed by atoms with E-state index in [1.807, 2.05) is 0 Å². The standard InChI is InChI=1S/C26H30F2N6O2Si/c1-26(2,3)37(4,5)36-14-16-10-20(28)18(24-31-23(32-33-24)15-6-7-15)11-21(16)30-25(35)19-12-29-34-13-17(27)8-9-22(19)34/h8-13,15H,6-7,14H2,1-5H3,(H,30,35)(H,31,32,33). The van der Waals surface area contributed by atoms with Gasteiger partial charge in [0.05, 0.1) is 35.6 Å². The quantitative estimate of drug-likeness (QED) is 0.287. The summed E-state index contributed by atoms with van der Waals surface area (Å²) in [6.45, 7) is 10.7. The van der Waals surface area contributed by atoms with E-state index in [1.54, 1.807) is 6.07 Å². The number of hydrogen-bond acceptors (Lipinski definition) is 5. The SMILES string of the molecule is CC(C)(C)[Si](C)(C)OCc1cc(F)c(-c2n[nH]c(C3CC3)n2)cc1NC(=O)c1cnn2cc(F)ccc12. The second-order valence-electron chi connectivity index (χ2n) is 11.0. The Morgan fingerprint density at radius 1 is 1.24 bits per heavy atom. The molecular weight excluding hydrogens is 494 g/mol. The average molecular weight is 525 g/mol. The molecule has 4 aromatic rings. The van der Waals surface area contributed by atoms with E-state index < -0.39 is 25.9 Å². The number of amides is 1. The summed E-state index contributed by atoms with van der Waals surface area (Å²) in [7, 11) is -2.16. The third kappa shape index (κ3) is 5.05. The first-order chi connectivity index (χ1) is 17.4. The lowest BCUT2D eigenvalue weighted by atomic mass is 10.1. The normalized spacial score (nSPS) is 14.4. The van der Waals surface area contributed by atoms with Crippen molar-refractivity contribution in [1.82, 2.24) is 24.8 Å². The lowest BCUT2D eigenvalue weighted by Crippen LogP contribution is -2.40. The molecule has 0 spiro atoms. The van der Waals surface area contributed by atoms with Gasteiger partial charge in [0.15, 0.2) is 14.1 Å². The van der Waals surface area contributed by atoms with Crippen LogP contribution in [0.25, 0.3) is 16.9 Å². The van der Waals surface area contributed by atoms with Crippen molar-refractivity contribution in [2.45, 2.75) is 64.3 Å². The molecule has 0 bridgehead atoms. The second-order valence-corrected chi connectivity index (χ2v) is 15.9. The average Bonchev–Trinajstić information content (AvgIpc) is 3.40. The van der Waals surface area contributed by atoms with Crippen molar-refractivity contribution in [2.75, 3.05) is 5.32 Å². The fraction of sp³-hybridized carbons (Fsp3) is 0.385. The van der Waals surface area contributed by atoms with E-state index in [2.05, 4.69) is 59.5 Å². The molecule has 1 aliphatic rings. The molecule has 0 saturated heterocycles. The Kier molecular flexibility index (Phi) is 6.23. The number of pyridine rings is 1. The molecule has 1 fully saturated rings. The van der Waals surface area contributed by atoms with Crippen molar-refractivity contribution in [1.29, 1.82) is 0 Å². The highest BCUT2D eigenvalue weighted by molar-refractivity contribution is 6.74. The van der Waals surface area contributed by atoms with E-state index in [4.69, 9.17) is 4.43 Å². The molecule has 1 aromatic carbocycles. The summed E-state index contributed by atoms with van der Waals surface area (Å²) in [6, 6.07) is 5.67. The van der Waals surface area contributed by atoms with Gasteiger partial charge in [-0.1, -0.05) is 20.8 Å². The Balaban J connectivity index is 1.50. The lowest BCUT2D eigenvalue weighted by molar-refractivity contribution is 0.102. The van der Waals surface area contributed by atoms with Crippen LogP contribution in [0.1, 0.15) is 61.3 Å². The van der Waals surface area contributed by atoms with Crippen molar-refractivity contribution < 1.29 is 18.0 Å². The predicted molar refractivity (Wildman–Crippen MR) is 139 cm³/mol. The van der Waals surface area contributed by atoms with Gasteiger partial charge in [-0.15, -0.1) is 0 Å². The molecule has 3 aromatic heterocycles. The van der Waals surface area contributed by atoms with Crippen molar-refractivity contribution in [3.8, 4) is 11.4 Å². The first-order valence-electron chi connectivity index (χ1n) is 12.3. The number of hydrogen-bond donors (Lipinski definition) is 2. The maximum Gasteiger partial charge on any atom is 0.259 e. The first-order valence-corrected chi connectivity index (χ1v) is 15.2. The van der Waals surface area contributed by atoms with Crippen LogP contribution in [0.15, 0.2) is 36.7 Å². The van der Waals surface area contributed by atoms with Gasteiger partial charge in [-0.25, -0.2) is 18.3 Å². The fourth-order valence-corrected chi connectivity index (χ4v) is 4.70. The van der Waals surface area contributed by atoms with E-state index in [0.717, 1.165) is 18.7 Å². The molecule has 1 saturated carbocycles. The van der Waals surface area contributed by atoms with Gasteiger partial charge in [-0.05, 0) is 55.2 Å². The maximum atomic E-state index is 15.4. The third-order valence-corrected chi connectivity index (χ3v) is 11.7. The van der Waals surface area contributed by atoms with Gasteiger partial charge in [0.1, 0.15) is 17.5 Å². The summed E-state index contributed by atoms with van der Waals surface area (Å²) in [5.74, 6) is -0.114. The number of carbonyl (C=O) groups is 1. The van der Waals surface area contributed by atoms with Crippen LogP contribution >= 0.6 is 0 Å². The maximum absolute atomic E-state index is 15.4. The Bertz CT molecular complexity index is 1490. The zero-order chi connectivity index (χ0) is 26.5. The molecule has 0 unspecified atom stereocenters. The van der Waals surface area contributed by atoms with Gasteiger partial charge in [-0.3, -0.25) is 9.89 Å². The molecule has 0 atom stereocenters. The summed E-state index contributed by atoms with van der Waals surface area (Å²) in [5, 5.41) is 14.0. The van der Waals surface area contributed by atoms with Crippen LogP contribution in [-0.2, 0) is 11.0 Å². The van der Waals surface area contributed by atoms with E-state index in [-0.39, 0.29) is 28.6 Å². The number of fused-ring (bicyclic) bond motifs is 1. The van der Waals surface area contributed by atoms with Crippen molar-refractivity contribution in [3.05, 3.63) is 65.2 Å². The number of carbonyl (C=O) groups excluding carboxylic acids is 1. The highest BCUT2D eigenvalue weighted by atomic mass is 28.4. The summed E-state index contributed by atoms with van der Waals surface area (Å²) in [6.07, 6.45) is 4.64. The number of benzene rings is 1. The Morgan fingerprint density at radius 3 is 2.70 bits per heavy atom. The molecule has 3 heterocycles. The van der Waals surface area contributed by atoms with Crippen molar-refractivity contribution >= 4 is 25.4 Å². The Labute approximate surface area is 214 Å². The molecule has 194 valence electrons. The molecule has 37 heavy (non-hydrogen) atoms. The van der Waals surface area contributed by atoms with Crippen LogP contribution < -0.4 is 5.32 Å². The number of nitrogens with zero attached hydrogens (tertiary/aromatic N) is 4. The van der Waals surface area contributed by atoms with E-state index >= 15 is 4.39 Å². The summed E-state index contributed by atoms with van der Waals surface area (Å²) < 4.78 is 36.6. The number of aromatic amines is 1. The van der Waals surface area contributed by atoms with Crippen molar-refractivity contribution in [3.63, 3.8) is 0 Å². The number of rotatable bonds is 7. The van der Waals surface area contributed by atoms with E-state index in [9.17, 15) is 9.18 Å². The van der Waals surface area contributed by atoms with Gasteiger partial charge < -0.3 is 9.74 Å². The summed E-state index contributed by atoms with van der Waals surface area (Å²) in [5.41, 5.74) is 1.77. The van der Waals surface area contributed by atoms with E-state index in [1.165, 1.54) is 35.1 Å². The van der Waals surface area contributed by atoms with Crippen LogP contribution in [0, 0.1) is 11.6 Å². The largest absolute Gasteiger partial charge is 0.412 e. The third-order valence-electron chi connectivity index (χ3n) is 7.27. The van der Waals surface area contributed by atoms with Crippen LogP contribution in [0.3, 0.4) is 0 Å². The number of halogens is 2. The van der Waals surface area contributed by atoms with Gasteiger partial charge >= 0.3 is 0 Å². The zero-order valence-electron chi connectivity index (χ0n) is 21.5. The topological polar surface area (TPSA) is 97.2 Å². The highest BCUT2D eigenvalue weighted by Gasteiger charge is 2.37. The minimum atomic E-state index is -2.16. The highest BCUT2D eigenvalue weighted by Crippen LogP contribution is 2.40. The molecule has 1 aliphatic carbocycles. The monoisotopic (exact) mass is 524 g/mol. The Morgan fingerprint density at radius 2 is 2.00 bits per heavy atom. The second kappa shape index (κ2) is 9.14. The first kappa shape index (κ1) is 25.2. The van der Waals surface area contributed by atoms with Crippen LogP contribution in [0.5, 0.6) is 0 Å². The van der Waals surface area contributed by atoms with Crippen molar-refractivity contribution in [2.24, 2.45) is 0 Å². The minimum absolute atomic E-state index is 0.0422. The number of H-pyrrole nitrogens is 1. The lowest BCUT2D eigenvalue weighted by Gasteiger charge is -2.36. The number of aromatic nitrogens is 5. The van der Waals surface area contributed by atoms with Gasteiger partial charge in [0, 0.05) is 17.2 Å². The van der Waals surface area contributed by atoms with E-state index in [0.29, 0.717) is 22.7 Å². The molecule has 8 nitrogen and oxygen atoms in total. The van der Waals surface area contributed by atoms with Gasteiger partial charge in [-0.2, -0.15) is 10.2 Å². The number of nitrogens with one attached hydrogen (secondary N) is 2. The minimum Gasteiger partial charge on any atom is -0.412 e. The van der Waals surface area contributed by atoms with Crippen LogP contribution in [0.2, 0.25) is 18.1 Å². The molecular formula is C26H30F2N6O2Si. The zero-order valence-corrected chi connectivity index (χ0v) is 22.5. The molecule has 5 rings (SSSR count). The van der Waals surface area contributed by atoms with Crippen LogP contribution in [-0.4, -0.2) is 39.0 Å². The summed E-state index contributed by atoms with van der Waals surface area (Å²) in [4.78, 5) is 17.8. The molecule has 0 aliphatic heterocycles. The fourth-order valence-electron chi connectivity index (χ4n) is 3.75.